The fourth-order valence-electron chi connectivity index (χ4n) is 2.97. The lowest BCUT2D eigenvalue weighted by molar-refractivity contribution is 0.0209. The van der Waals surface area contributed by atoms with Crippen molar-refractivity contribution >= 4 is 17.4 Å². The van der Waals surface area contributed by atoms with Crippen LogP contribution in [0, 0.1) is 0 Å². The van der Waals surface area contributed by atoms with Gasteiger partial charge in [-0.15, -0.1) is 0 Å². The Morgan fingerprint density at radius 3 is 2.85 bits per heavy atom. The van der Waals surface area contributed by atoms with Gasteiger partial charge in [0.25, 0.3) is 0 Å². The highest BCUT2D eigenvalue weighted by Gasteiger charge is 2.30. The maximum Gasteiger partial charge on any atom is 0.140 e. The molecule has 0 bridgehead atoms. The Hall–Kier alpha value is -0.950. The van der Waals surface area contributed by atoms with Crippen LogP contribution in [-0.4, -0.2) is 65.4 Å². The summed E-state index contributed by atoms with van der Waals surface area (Å²) in [6.07, 6.45) is 2.56. The van der Waals surface area contributed by atoms with Crippen molar-refractivity contribution in [2.45, 2.75) is 19.1 Å². The first kappa shape index (κ1) is 14.0. The summed E-state index contributed by atoms with van der Waals surface area (Å²) in [7, 11) is 0. The van der Waals surface area contributed by atoms with Gasteiger partial charge in [-0.2, -0.15) is 0 Å². The quantitative estimate of drug-likeness (QED) is 0.822. The van der Waals surface area contributed by atoms with Gasteiger partial charge in [-0.1, -0.05) is 11.6 Å². The summed E-state index contributed by atoms with van der Waals surface area (Å²) < 4.78 is 5.40. The standard InChI is InChI=1S/C13H19ClN4O2/c14-12-11(8-19)13(16-9-15-12)18-2-1-10(7-18)17-3-5-20-6-4-17/h9-10,19H,1-8H2. The van der Waals surface area contributed by atoms with E-state index in [0.29, 0.717) is 16.8 Å². The molecule has 20 heavy (non-hydrogen) atoms. The maximum atomic E-state index is 9.46. The van der Waals surface area contributed by atoms with E-state index in [9.17, 15) is 5.11 Å². The van der Waals surface area contributed by atoms with Crippen LogP contribution in [0.4, 0.5) is 5.82 Å². The van der Waals surface area contributed by atoms with Crippen LogP contribution in [0.15, 0.2) is 6.33 Å². The molecule has 6 nitrogen and oxygen atoms in total. The van der Waals surface area contributed by atoms with Crippen molar-refractivity contribution in [2.75, 3.05) is 44.3 Å². The van der Waals surface area contributed by atoms with Gasteiger partial charge in [-0.05, 0) is 6.42 Å². The number of aliphatic hydroxyl groups excluding tert-OH is 1. The predicted octanol–water partition coefficient (Wildman–Crippen LogP) is 0.533. The van der Waals surface area contributed by atoms with Crippen molar-refractivity contribution in [3.63, 3.8) is 0 Å². The first-order valence-electron chi connectivity index (χ1n) is 6.96. The molecule has 2 aliphatic rings. The molecule has 1 aromatic heterocycles. The number of ether oxygens (including phenoxy) is 1. The van der Waals surface area contributed by atoms with Crippen LogP contribution in [0.3, 0.4) is 0 Å². The van der Waals surface area contributed by atoms with E-state index < -0.39 is 0 Å². The Balaban J connectivity index is 1.72. The minimum absolute atomic E-state index is 0.131. The van der Waals surface area contributed by atoms with Gasteiger partial charge in [0.15, 0.2) is 0 Å². The largest absolute Gasteiger partial charge is 0.391 e. The van der Waals surface area contributed by atoms with Crippen LogP contribution in [0.2, 0.25) is 5.15 Å². The highest BCUT2D eigenvalue weighted by molar-refractivity contribution is 6.30. The number of rotatable bonds is 3. The number of hydrogen-bond donors (Lipinski definition) is 1. The van der Waals surface area contributed by atoms with Gasteiger partial charge >= 0.3 is 0 Å². The number of morpholine rings is 1. The second kappa shape index (κ2) is 6.22. The SMILES string of the molecule is OCc1c(Cl)ncnc1N1CCC(N2CCOCC2)C1. The normalized spacial score (nSPS) is 24.3. The van der Waals surface area contributed by atoms with Crippen LogP contribution in [-0.2, 0) is 11.3 Å². The molecule has 3 rings (SSSR count). The average Bonchev–Trinajstić information content (AvgIpc) is 2.97. The third-order valence-corrected chi connectivity index (χ3v) is 4.38. The van der Waals surface area contributed by atoms with Crippen molar-refractivity contribution in [1.82, 2.24) is 14.9 Å². The van der Waals surface area contributed by atoms with Gasteiger partial charge in [0.05, 0.1) is 25.4 Å². The van der Waals surface area contributed by atoms with Crippen molar-refractivity contribution in [3.05, 3.63) is 17.0 Å². The monoisotopic (exact) mass is 298 g/mol. The van der Waals surface area contributed by atoms with Gasteiger partial charge in [0.1, 0.15) is 17.3 Å². The van der Waals surface area contributed by atoms with Gasteiger partial charge in [-0.25, -0.2) is 9.97 Å². The molecule has 1 atom stereocenters. The highest BCUT2D eigenvalue weighted by atomic mass is 35.5. The van der Waals surface area contributed by atoms with E-state index in [1.54, 1.807) is 0 Å². The minimum atomic E-state index is -0.131. The molecule has 2 aliphatic heterocycles. The van der Waals surface area contributed by atoms with Crippen LogP contribution >= 0.6 is 11.6 Å². The Morgan fingerprint density at radius 2 is 2.10 bits per heavy atom. The lowest BCUT2D eigenvalue weighted by Gasteiger charge is -2.32. The number of aliphatic hydroxyl groups is 1. The number of aromatic nitrogens is 2. The van der Waals surface area contributed by atoms with E-state index in [2.05, 4.69) is 19.8 Å². The summed E-state index contributed by atoms with van der Waals surface area (Å²) in [6.45, 7) is 5.34. The molecule has 0 aliphatic carbocycles. The van der Waals surface area contributed by atoms with Crippen molar-refractivity contribution in [2.24, 2.45) is 0 Å². The number of nitrogens with zero attached hydrogens (tertiary/aromatic N) is 4. The molecule has 110 valence electrons. The fraction of sp³-hybridized carbons (Fsp3) is 0.692. The summed E-state index contributed by atoms with van der Waals surface area (Å²) in [4.78, 5) is 12.9. The Bertz CT molecular complexity index is 468. The minimum Gasteiger partial charge on any atom is -0.391 e. The molecular weight excluding hydrogens is 280 g/mol. The second-order valence-electron chi connectivity index (χ2n) is 5.16. The first-order valence-corrected chi connectivity index (χ1v) is 7.34. The smallest absolute Gasteiger partial charge is 0.140 e. The van der Waals surface area contributed by atoms with Crippen LogP contribution in [0.5, 0.6) is 0 Å². The molecule has 2 saturated heterocycles. The maximum absolute atomic E-state index is 9.46. The summed E-state index contributed by atoms with van der Waals surface area (Å²) >= 11 is 6.03. The van der Waals surface area contributed by atoms with Crippen molar-refractivity contribution in [3.8, 4) is 0 Å². The van der Waals surface area contributed by atoms with Crippen LogP contribution in [0.25, 0.3) is 0 Å². The highest BCUT2D eigenvalue weighted by Crippen LogP contribution is 2.27. The molecule has 1 aromatic rings. The van der Waals surface area contributed by atoms with Crippen LogP contribution in [0.1, 0.15) is 12.0 Å². The Kier molecular flexibility index (Phi) is 4.35. The van der Waals surface area contributed by atoms with E-state index in [0.717, 1.165) is 51.6 Å². The molecule has 3 heterocycles. The van der Waals surface area contributed by atoms with E-state index in [1.807, 2.05) is 0 Å². The Labute approximate surface area is 123 Å². The van der Waals surface area contributed by atoms with Gasteiger partial charge in [0, 0.05) is 32.2 Å². The molecule has 2 fully saturated rings. The van der Waals surface area contributed by atoms with Crippen molar-refractivity contribution in [1.29, 1.82) is 0 Å². The molecule has 1 N–H and O–H groups in total. The zero-order valence-electron chi connectivity index (χ0n) is 11.3. The van der Waals surface area contributed by atoms with Gasteiger partial charge < -0.3 is 14.7 Å². The van der Waals surface area contributed by atoms with Gasteiger partial charge in [0.2, 0.25) is 0 Å². The molecule has 0 aromatic carbocycles. The Morgan fingerprint density at radius 1 is 1.30 bits per heavy atom. The molecule has 7 heteroatoms. The van der Waals surface area contributed by atoms with Crippen molar-refractivity contribution < 1.29 is 9.84 Å². The molecule has 0 radical (unpaired) electrons. The summed E-state index contributed by atoms with van der Waals surface area (Å²) in [5, 5.41) is 9.80. The van der Waals surface area contributed by atoms with Crippen LogP contribution < -0.4 is 4.90 Å². The third-order valence-electron chi connectivity index (χ3n) is 4.05. The summed E-state index contributed by atoms with van der Waals surface area (Å²) in [5.74, 6) is 0.767. The first-order chi connectivity index (χ1) is 9.79. The third kappa shape index (κ3) is 2.74. The lowest BCUT2D eigenvalue weighted by Crippen LogP contribution is -2.44. The number of anilines is 1. The molecular formula is C13H19ClN4O2. The van der Waals surface area contributed by atoms with E-state index in [-0.39, 0.29) is 6.61 Å². The number of hydrogen-bond acceptors (Lipinski definition) is 6. The molecule has 0 spiro atoms. The second-order valence-corrected chi connectivity index (χ2v) is 5.52. The summed E-state index contributed by atoms with van der Waals surface area (Å²) in [5.41, 5.74) is 0.622. The zero-order valence-corrected chi connectivity index (χ0v) is 12.1. The van der Waals surface area contributed by atoms with E-state index in [4.69, 9.17) is 16.3 Å². The zero-order chi connectivity index (χ0) is 13.9. The molecule has 0 saturated carbocycles. The number of halogens is 1. The average molecular weight is 299 g/mol. The predicted molar refractivity (Wildman–Crippen MR) is 76.0 cm³/mol. The van der Waals surface area contributed by atoms with E-state index >= 15 is 0 Å². The van der Waals surface area contributed by atoms with Gasteiger partial charge in [-0.3, -0.25) is 4.90 Å². The fourth-order valence-corrected chi connectivity index (χ4v) is 3.15. The lowest BCUT2D eigenvalue weighted by atomic mass is 10.2. The molecule has 0 amide bonds. The van der Waals surface area contributed by atoms with E-state index in [1.165, 1.54) is 6.33 Å². The molecule has 1 unspecified atom stereocenters. The summed E-state index contributed by atoms with van der Waals surface area (Å²) in [6, 6.07) is 0.527. The topological polar surface area (TPSA) is 61.7 Å².